The molecular formula is C14H9FN2O3. The first-order chi connectivity index (χ1) is 9.60. The van der Waals surface area contributed by atoms with Gasteiger partial charge in [0.15, 0.2) is 0 Å². The van der Waals surface area contributed by atoms with Crippen LogP contribution in [0, 0.1) is 27.3 Å². The first kappa shape index (κ1) is 13.5. The summed E-state index contributed by atoms with van der Waals surface area (Å²) < 4.78 is 18.8. The zero-order valence-electron chi connectivity index (χ0n) is 10.2. The molecule has 2 rings (SSSR count). The molecule has 2 aromatic rings. The Labute approximate surface area is 114 Å². The second-order valence-electron chi connectivity index (χ2n) is 3.97. The first-order valence-corrected chi connectivity index (χ1v) is 5.66. The van der Waals surface area contributed by atoms with Crippen LogP contribution in [0.15, 0.2) is 42.5 Å². The quantitative estimate of drug-likeness (QED) is 0.632. The van der Waals surface area contributed by atoms with Gasteiger partial charge in [-0.1, -0.05) is 0 Å². The highest BCUT2D eigenvalue weighted by Crippen LogP contribution is 2.19. The third kappa shape index (κ3) is 3.09. The SMILES string of the molecule is N#Cc1ccc(OCc2ccc([N+](=O)[O-])c(F)c2)cc1. The van der Waals surface area contributed by atoms with Crippen molar-refractivity contribution in [2.45, 2.75) is 6.61 Å². The summed E-state index contributed by atoms with van der Waals surface area (Å²) in [6.07, 6.45) is 0. The number of nitro benzene ring substituents is 1. The largest absolute Gasteiger partial charge is 0.489 e. The summed E-state index contributed by atoms with van der Waals surface area (Å²) in [5, 5.41) is 19.1. The summed E-state index contributed by atoms with van der Waals surface area (Å²) in [5.41, 5.74) is 0.434. The maximum atomic E-state index is 13.4. The standard InChI is InChI=1S/C14H9FN2O3/c15-13-7-11(3-6-14(13)17(18)19)9-20-12-4-1-10(8-16)2-5-12/h1-7H,9H2. The fourth-order valence-corrected chi connectivity index (χ4v) is 1.58. The van der Waals surface area contributed by atoms with Gasteiger partial charge < -0.3 is 4.74 Å². The molecule has 0 N–H and O–H groups in total. The van der Waals surface area contributed by atoms with Gasteiger partial charge >= 0.3 is 5.69 Å². The Balaban J connectivity index is 2.05. The van der Waals surface area contributed by atoms with Crippen LogP contribution < -0.4 is 4.74 Å². The smallest absolute Gasteiger partial charge is 0.304 e. The molecule has 2 aromatic carbocycles. The Morgan fingerprint density at radius 2 is 1.95 bits per heavy atom. The minimum atomic E-state index is -0.893. The van der Waals surface area contributed by atoms with Crippen LogP contribution in [0.4, 0.5) is 10.1 Å². The number of benzene rings is 2. The molecule has 0 spiro atoms. The van der Waals surface area contributed by atoms with Crippen LogP contribution in [0.3, 0.4) is 0 Å². The molecule has 0 saturated carbocycles. The van der Waals surface area contributed by atoms with E-state index in [0.29, 0.717) is 16.9 Å². The van der Waals surface area contributed by atoms with Gasteiger partial charge in [0, 0.05) is 6.07 Å². The lowest BCUT2D eigenvalue weighted by Crippen LogP contribution is -1.98. The predicted octanol–water partition coefficient (Wildman–Crippen LogP) is 3.18. The van der Waals surface area contributed by atoms with E-state index in [0.717, 1.165) is 12.1 Å². The molecule has 0 unspecified atom stereocenters. The molecule has 0 bridgehead atoms. The topological polar surface area (TPSA) is 76.2 Å². The second-order valence-corrected chi connectivity index (χ2v) is 3.97. The summed E-state index contributed by atoms with van der Waals surface area (Å²) in [7, 11) is 0. The minimum absolute atomic E-state index is 0.0841. The Kier molecular flexibility index (Phi) is 3.91. The van der Waals surface area contributed by atoms with E-state index in [9.17, 15) is 14.5 Å². The third-order valence-electron chi connectivity index (χ3n) is 2.60. The van der Waals surface area contributed by atoms with Crippen LogP contribution in [0.25, 0.3) is 0 Å². The van der Waals surface area contributed by atoms with Crippen LogP contribution in [-0.2, 0) is 6.61 Å². The molecule has 5 nitrogen and oxygen atoms in total. The summed E-state index contributed by atoms with van der Waals surface area (Å²) in [6.45, 7) is 0.0841. The molecule has 0 heterocycles. The number of hydrogen-bond donors (Lipinski definition) is 0. The van der Waals surface area contributed by atoms with E-state index in [-0.39, 0.29) is 6.61 Å². The van der Waals surface area contributed by atoms with Gasteiger partial charge in [-0.15, -0.1) is 0 Å². The molecule has 0 amide bonds. The second kappa shape index (κ2) is 5.80. The van der Waals surface area contributed by atoms with Crippen LogP contribution in [-0.4, -0.2) is 4.92 Å². The lowest BCUT2D eigenvalue weighted by molar-refractivity contribution is -0.387. The fourth-order valence-electron chi connectivity index (χ4n) is 1.58. The number of nitrogens with zero attached hydrogens (tertiary/aromatic N) is 2. The molecule has 0 fully saturated rings. The van der Waals surface area contributed by atoms with Crippen LogP contribution in [0.5, 0.6) is 5.75 Å². The maximum Gasteiger partial charge on any atom is 0.304 e. The highest BCUT2D eigenvalue weighted by atomic mass is 19.1. The molecule has 6 heteroatoms. The molecule has 0 radical (unpaired) electrons. The summed E-state index contributed by atoms with van der Waals surface area (Å²) >= 11 is 0. The van der Waals surface area contributed by atoms with Gasteiger partial charge in [0.2, 0.25) is 5.82 Å². The third-order valence-corrected chi connectivity index (χ3v) is 2.60. The highest BCUT2D eigenvalue weighted by Gasteiger charge is 2.13. The van der Waals surface area contributed by atoms with Crippen molar-refractivity contribution in [1.29, 1.82) is 5.26 Å². The van der Waals surface area contributed by atoms with E-state index in [4.69, 9.17) is 10.00 Å². The van der Waals surface area contributed by atoms with Gasteiger partial charge in [-0.25, -0.2) is 0 Å². The predicted molar refractivity (Wildman–Crippen MR) is 68.5 cm³/mol. The number of rotatable bonds is 4. The number of hydrogen-bond acceptors (Lipinski definition) is 4. The van der Waals surface area contributed by atoms with E-state index in [1.165, 1.54) is 6.07 Å². The van der Waals surface area contributed by atoms with Crippen LogP contribution in [0.2, 0.25) is 0 Å². The molecule has 20 heavy (non-hydrogen) atoms. The molecule has 0 aromatic heterocycles. The molecule has 0 atom stereocenters. The van der Waals surface area contributed by atoms with E-state index in [1.54, 1.807) is 24.3 Å². The van der Waals surface area contributed by atoms with Gasteiger partial charge in [0.05, 0.1) is 16.6 Å². The highest BCUT2D eigenvalue weighted by molar-refractivity contribution is 5.36. The number of nitriles is 1. The minimum Gasteiger partial charge on any atom is -0.489 e. The van der Waals surface area contributed by atoms with Crippen molar-refractivity contribution in [1.82, 2.24) is 0 Å². The van der Waals surface area contributed by atoms with E-state index < -0.39 is 16.4 Å². The number of nitro groups is 1. The molecule has 0 saturated heterocycles. The Bertz CT molecular complexity index is 678. The first-order valence-electron chi connectivity index (χ1n) is 5.66. The molecule has 0 aliphatic heterocycles. The van der Waals surface area contributed by atoms with Crippen LogP contribution in [0.1, 0.15) is 11.1 Å². The van der Waals surface area contributed by atoms with Gasteiger partial charge in [-0.3, -0.25) is 10.1 Å². The number of halogens is 1. The molecule has 100 valence electrons. The molecule has 0 aliphatic rings. The van der Waals surface area contributed by atoms with Gasteiger partial charge in [-0.05, 0) is 42.0 Å². The average molecular weight is 272 g/mol. The monoisotopic (exact) mass is 272 g/mol. The fraction of sp³-hybridized carbons (Fsp3) is 0.0714. The van der Waals surface area contributed by atoms with Gasteiger partial charge in [-0.2, -0.15) is 9.65 Å². The zero-order valence-corrected chi connectivity index (χ0v) is 10.2. The molecular weight excluding hydrogens is 263 g/mol. The summed E-state index contributed by atoms with van der Waals surface area (Å²) in [4.78, 5) is 9.70. The van der Waals surface area contributed by atoms with Gasteiger partial charge in [0.25, 0.3) is 0 Å². The Hall–Kier alpha value is -2.94. The lowest BCUT2D eigenvalue weighted by Gasteiger charge is -2.06. The van der Waals surface area contributed by atoms with E-state index in [2.05, 4.69) is 0 Å². The summed E-state index contributed by atoms with van der Waals surface area (Å²) in [6, 6.07) is 12.1. The Morgan fingerprint density at radius 3 is 2.50 bits per heavy atom. The van der Waals surface area contributed by atoms with Crippen molar-refractivity contribution >= 4 is 5.69 Å². The van der Waals surface area contributed by atoms with Crippen molar-refractivity contribution in [3.63, 3.8) is 0 Å². The lowest BCUT2D eigenvalue weighted by atomic mass is 10.2. The van der Waals surface area contributed by atoms with E-state index >= 15 is 0 Å². The average Bonchev–Trinajstić information content (AvgIpc) is 2.45. The summed E-state index contributed by atoms with van der Waals surface area (Å²) in [5.74, 6) is -0.362. The zero-order chi connectivity index (χ0) is 14.5. The van der Waals surface area contributed by atoms with Crippen molar-refractivity contribution in [2.75, 3.05) is 0 Å². The van der Waals surface area contributed by atoms with Crippen molar-refractivity contribution < 1.29 is 14.1 Å². The molecule has 0 aliphatic carbocycles. The normalized spacial score (nSPS) is 9.80. The van der Waals surface area contributed by atoms with E-state index in [1.807, 2.05) is 6.07 Å². The Morgan fingerprint density at radius 1 is 1.25 bits per heavy atom. The number of ether oxygens (including phenoxy) is 1. The van der Waals surface area contributed by atoms with Crippen molar-refractivity contribution in [3.8, 4) is 11.8 Å². The van der Waals surface area contributed by atoms with Crippen molar-refractivity contribution in [3.05, 3.63) is 69.5 Å². The van der Waals surface area contributed by atoms with Gasteiger partial charge in [0.1, 0.15) is 12.4 Å². The maximum absolute atomic E-state index is 13.4. The van der Waals surface area contributed by atoms with Crippen molar-refractivity contribution in [2.24, 2.45) is 0 Å². The van der Waals surface area contributed by atoms with Crippen LogP contribution >= 0.6 is 0 Å².